The quantitative estimate of drug-likeness (QED) is 0.379. The first-order valence-corrected chi connectivity index (χ1v) is 11.7. The van der Waals surface area contributed by atoms with Crippen molar-refractivity contribution in [3.63, 3.8) is 0 Å². The molecule has 0 saturated heterocycles. The molecule has 186 valence electrons. The maximum atomic E-state index is 12.3. The number of H-pyrrole nitrogens is 1. The van der Waals surface area contributed by atoms with E-state index in [1.807, 2.05) is 47.8 Å². The summed E-state index contributed by atoms with van der Waals surface area (Å²) in [6.45, 7) is -1.30. The van der Waals surface area contributed by atoms with Crippen LogP contribution in [-0.2, 0) is 4.79 Å². The predicted molar refractivity (Wildman–Crippen MR) is 128 cm³/mol. The molecule has 0 aliphatic heterocycles. The molecule has 1 aliphatic carbocycles. The van der Waals surface area contributed by atoms with Gasteiger partial charge in [-0.25, -0.2) is 9.97 Å². The van der Waals surface area contributed by atoms with Crippen LogP contribution in [0.4, 0.5) is 13.2 Å². The van der Waals surface area contributed by atoms with Crippen LogP contribution in [0.1, 0.15) is 25.7 Å². The van der Waals surface area contributed by atoms with Crippen LogP contribution in [0.2, 0.25) is 0 Å². The fourth-order valence-electron chi connectivity index (χ4n) is 4.34. The molecule has 1 aliphatic rings. The lowest BCUT2D eigenvalue weighted by Crippen LogP contribution is -2.39. The second-order valence-corrected chi connectivity index (χ2v) is 8.84. The van der Waals surface area contributed by atoms with Gasteiger partial charge in [0.2, 0.25) is 11.8 Å². The second-order valence-electron chi connectivity index (χ2n) is 8.84. The summed E-state index contributed by atoms with van der Waals surface area (Å²) in [5.41, 5.74) is 4.34. The third-order valence-corrected chi connectivity index (χ3v) is 6.25. The zero-order valence-electron chi connectivity index (χ0n) is 19.3. The molecule has 0 bridgehead atoms. The molecule has 1 amide bonds. The first-order valence-electron chi connectivity index (χ1n) is 11.7. The number of fused-ring (bicyclic) bond motifs is 1. The number of benzene rings is 1. The van der Waals surface area contributed by atoms with Gasteiger partial charge in [-0.2, -0.15) is 13.2 Å². The standard InChI is InChI=1S/C26H24F3N5O2/c27-26(28,29)15-32-25(35)16-5-9-19(10-6-16)36-23-12-8-17(13-31-23)20-11-7-18(14-30-20)24-33-21-3-1-2-4-22(21)34-24/h1-4,7-8,11-14,16,19H,5-6,9-10,15H2,(H,32,35)(H,33,34). The zero-order chi connectivity index (χ0) is 25.1. The third kappa shape index (κ3) is 5.64. The van der Waals surface area contributed by atoms with Gasteiger partial charge in [-0.15, -0.1) is 0 Å². The van der Waals surface area contributed by atoms with Crippen molar-refractivity contribution in [3.05, 3.63) is 60.9 Å². The lowest BCUT2D eigenvalue weighted by atomic mass is 9.87. The van der Waals surface area contributed by atoms with E-state index in [0.717, 1.165) is 33.7 Å². The van der Waals surface area contributed by atoms with Crippen molar-refractivity contribution in [2.45, 2.75) is 38.0 Å². The van der Waals surface area contributed by atoms with Crippen LogP contribution in [-0.4, -0.2) is 44.7 Å². The van der Waals surface area contributed by atoms with Crippen LogP contribution in [0.3, 0.4) is 0 Å². The molecule has 10 heteroatoms. The number of aromatic amines is 1. The number of rotatable bonds is 6. The summed E-state index contributed by atoms with van der Waals surface area (Å²) in [6.07, 6.45) is 1.05. The average Bonchev–Trinajstić information content (AvgIpc) is 3.32. The number of alkyl halides is 3. The molecule has 0 spiro atoms. The van der Waals surface area contributed by atoms with Gasteiger partial charge in [-0.05, 0) is 56.0 Å². The number of para-hydroxylation sites is 2. The Hall–Kier alpha value is -3.95. The highest BCUT2D eigenvalue weighted by Crippen LogP contribution is 2.29. The zero-order valence-corrected chi connectivity index (χ0v) is 19.3. The van der Waals surface area contributed by atoms with E-state index >= 15 is 0 Å². The van der Waals surface area contributed by atoms with E-state index in [-0.39, 0.29) is 6.10 Å². The van der Waals surface area contributed by atoms with E-state index in [9.17, 15) is 18.0 Å². The minimum absolute atomic E-state index is 0.128. The van der Waals surface area contributed by atoms with E-state index < -0.39 is 24.5 Å². The van der Waals surface area contributed by atoms with Gasteiger partial charge in [-0.1, -0.05) is 12.1 Å². The Morgan fingerprint density at radius 1 is 0.972 bits per heavy atom. The van der Waals surface area contributed by atoms with Crippen molar-refractivity contribution in [2.24, 2.45) is 5.92 Å². The molecule has 3 aromatic heterocycles. The molecular weight excluding hydrogens is 471 g/mol. The Balaban J connectivity index is 1.15. The number of hydrogen-bond acceptors (Lipinski definition) is 5. The topological polar surface area (TPSA) is 92.8 Å². The number of imidazole rings is 1. The highest BCUT2D eigenvalue weighted by atomic mass is 19.4. The molecule has 0 radical (unpaired) electrons. The Bertz CT molecular complexity index is 1300. The normalized spacial score (nSPS) is 18.2. The van der Waals surface area contributed by atoms with Gasteiger partial charge < -0.3 is 15.0 Å². The lowest BCUT2D eigenvalue weighted by Gasteiger charge is -2.28. The Kier molecular flexibility index (Phi) is 6.58. The fraction of sp³-hybridized carbons (Fsp3) is 0.308. The first-order chi connectivity index (χ1) is 17.3. The molecule has 4 aromatic rings. The molecule has 1 saturated carbocycles. The van der Waals surface area contributed by atoms with Gasteiger partial charge in [0, 0.05) is 35.5 Å². The van der Waals surface area contributed by atoms with Crippen molar-refractivity contribution in [2.75, 3.05) is 6.54 Å². The van der Waals surface area contributed by atoms with Crippen molar-refractivity contribution in [1.82, 2.24) is 25.3 Å². The molecule has 5 rings (SSSR count). The fourth-order valence-corrected chi connectivity index (χ4v) is 4.34. The smallest absolute Gasteiger partial charge is 0.405 e. The summed E-state index contributed by atoms with van der Waals surface area (Å²) in [6, 6.07) is 15.3. The van der Waals surface area contributed by atoms with Gasteiger partial charge in [0.25, 0.3) is 0 Å². The number of nitrogens with zero attached hydrogens (tertiary/aromatic N) is 3. The van der Waals surface area contributed by atoms with Crippen LogP contribution >= 0.6 is 0 Å². The van der Waals surface area contributed by atoms with Gasteiger partial charge in [-0.3, -0.25) is 9.78 Å². The minimum Gasteiger partial charge on any atom is -0.474 e. The van der Waals surface area contributed by atoms with Crippen LogP contribution < -0.4 is 10.1 Å². The number of carbonyl (C=O) groups excluding carboxylic acids is 1. The summed E-state index contributed by atoms with van der Waals surface area (Å²) >= 11 is 0. The molecule has 2 N–H and O–H groups in total. The lowest BCUT2D eigenvalue weighted by molar-refractivity contribution is -0.141. The van der Waals surface area contributed by atoms with E-state index in [1.165, 1.54) is 0 Å². The Morgan fingerprint density at radius 3 is 2.39 bits per heavy atom. The number of aromatic nitrogens is 4. The van der Waals surface area contributed by atoms with Crippen molar-refractivity contribution < 1.29 is 22.7 Å². The highest BCUT2D eigenvalue weighted by molar-refractivity contribution is 5.79. The van der Waals surface area contributed by atoms with E-state index in [2.05, 4.69) is 19.9 Å². The van der Waals surface area contributed by atoms with Crippen LogP contribution in [0, 0.1) is 5.92 Å². The molecule has 1 fully saturated rings. The van der Waals surface area contributed by atoms with Crippen molar-refractivity contribution >= 4 is 16.9 Å². The minimum atomic E-state index is -4.40. The average molecular weight is 496 g/mol. The molecule has 36 heavy (non-hydrogen) atoms. The third-order valence-electron chi connectivity index (χ3n) is 6.25. The number of halogens is 3. The van der Waals surface area contributed by atoms with Gasteiger partial charge in [0.15, 0.2) is 0 Å². The SMILES string of the molecule is O=C(NCC(F)(F)F)C1CCC(Oc2ccc(-c3ccc(-c4nc5ccccc5[nH]4)cn3)cn2)CC1. The number of pyridine rings is 2. The largest absolute Gasteiger partial charge is 0.474 e. The molecule has 1 aromatic carbocycles. The van der Waals surface area contributed by atoms with E-state index in [1.54, 1.807) is 18.5 Å². The molecular formula is C26H24F3N5O2. The summed E-state index contributed by atoms with van der Waals surface area (Å²) < 4.78 is 42.8. The highest BCUT2D eigenvalue weighted by Gasteiger charge is 2.32. The molecule has 0 unspecified atom stereocenters. The monoisotopic (exact) mass is 495 g/mol. The Morgan fingerprint density at radius 2 is 1.72 bits per heavy atom. The van der Waals surface area contributed by atoms with E-state index in [4.69, 9.17) is 4.74 Å². The second kappa shape index (κ2) is 9.96. The van der Waals surface area contributed by atoms with Crippen molar-refractivity contribution in [3.8, 4) is 28.5 Å². The predicted octanol–water partition coefficient (Wildman–Crippen LogP) is 5.30. The molecule has 0 atom stereocenters. The Labute approximate surface area is 205 Å². The van der Waals surface area contributed by atoms with Gasteiger partial charge >= 0.3 is 6.18 Å². The first kappa shape index (κ1) is 23.8. The van der Waals surface area contributed by atoms with E-state index in [0.29, 0.717) is 31.6 Å². The number of amides is 1. The maximum absolute atomic E-state index is 12.3. The summed E-state index contributed by atoms with van der Waals surface area (Å²) in [7, 11) is 0. The summed E-state index contributed by atoms with van der Waals surface area (Å²) in [5, 5.41) is 1.97. The maximum Gasteiger partial charge on any atom is 0.405 e. The molecule has 7 nitrogen and oxygen atoms in total. The van der Waals surface area contributed by atoms with Crippen LogP contribution in [0.25, 0.3) is 33.7 Å². The number of hydrogen-bond donors (Lipinski definition) is 2. The number of nitrogens with one attached hydrogen (secondary N) is 2. The summed E-state index contributed by atoms with van der Waals surface area (Å²) in [5.74, 6) is 0.246. The van der Waals surface area contributed by atoms with Crippen LogP contribution in [0.15, 0.2) is 60.9 Å². The molecule has 3 heterocycles. The summed E-state index contributed by atoms with van der Waals surface area (Å²) in [4.78, 5) is 28.8. The van der Waals surface area contributed by atoms with Crippen molar-refractivity contribution in [1.29, 1.82) is 0 Å². The van der Waals surface area contributed by atoms with Gasteiger partial charge in [0.05, 0.1) is 16.7 Å². The van der Waals surface area contributed by atoms with Gasteiger partial charge in [0.1, 0.15) is 18.5 Å². The van der Waals surface area contributed by atoms with Crippen LogP contribution in [0.5, 0.6) is 5.88 Å². The number of carbonyl (C=O) groups is 1. The number of ether oxygens (including phenoxy) is 1.